The predicted molar refractivity (Wildman–Crippen MR) is 53.4 cm³/mol. The first-order chi connectivity index (χ1) is 5.79. The first-order valence-corrected chi connectivity index (χ1v) is 5.17. The molecular formula is C10H22N2. The molecule has 1 aliphatic rings. The summed E-state index contributed by atoms with van der Waals surface area (Å²) in [7, 11) is 4.28. The van der Waals surface area contributed by atoms with Crippen molar-refractivity contribution < 1.29 is 0 Å². The third kappa shape index (κ3) is 4.07. The minimum Gasteiger partial charge on any atom is -0.314 e. The molecule has 0 atom stereocenters. The molecule has 0 radical (unpaired) electrons. The van der Waals surface area contributed by atoms with Gasteiger partial charge in [-0.15, -0.1) is 0 Å². The monoisotopic (exact) mass is 170 g/mol. The highest BCUT2D eigenvalue weighted by molar-refractivity contribution is 4.75. The normalized spacial score (nSPS) is 18.2. The van der Waals surface area contributed by atoms with E-state index in [0.29, 0.717) is 0 Å². The van der Waals surface area contributed by atoms with Crippen LogP contribution >= 0.6 is 0 Å². The van der Waals surface area contributed by atoms with Gasteiger partial charge >= 0.3 is 0 Å². The van der Waals surface area contributed by atoms with Crippen molar-refractivity contribution in [3.05, 3.63) is 0 Å². The van der Waals surface area contributed by atoms with Crippen molar-refractivity contribution in [1.29, 1.82) is 0 Å². The molecule has 0 saturated heterocycles. The van der Waals surface area contributed by atoms with Crippen molar-refractivity contribution >= 4 is 0 Å². The van der Waals surface area contributed by atoms with Crippen LogP contribution in [0.15, 0.2) is 0 Å². The van der Waals surface area contributed by atoms with Gasteiger partial charge in [-0.1, -0.05) is 6.42 Å². The Bertz CT molecular complexity index is 108. The van der Waals surface area contributed by atoms with E-state index in [9.17, 15) is 0 Å². The molecule has 0 aromatic carbocycles. The molecule has 2 heteroatoms. The third-order valence-electron chi connectivity index (χ3n) is 2.57. The van der Waals surface area contributed by atoms with Gasteiger partial charge in [-0.2, -0.15) is 0 Å². The standard InChI is InChI=1S/C10H22N2/c1-12(2)9-4-3-8-11-10-6-5-7-10/h10-11H,3-9H2,1-2H3. The summed E-state index contributed by atoms with van der Waals surface area (Å²) in [4.78, 5) is 2.25. The minimum atomic E-state index is 0.865. The second-order valence-corrected chi connectivity index (χ2v) is 4.09. The molecule has 1 fully saturated rings. The Morgan fingerprint density at radius 3 is 2.50 bits per heavy atom. The summed E-state index contributed by atoms with van der Waals surface area (Å²) in [5, 5.41) is 3.57. The van der Waals surface area contributed by atoms with E-state index in [1.807, 2.05) is 0 Å². The van der Waals surface area contributed by atoms with E-state index >= 15 is 0 Å². The van der Waals surface area contributed by atoms with Crippen LogP contribution in [0.5, 0.6) is 0 Å². The van der Waals surface area contributed by atoms with E-state index in [1.165, 1.54) is 45.2 Å². The number of hydrogen-bond acceptors (Lipinski definition) is 2. The van der Waals surface area contributed by atoms with Crippen LogP contribution in [0.1, 0.15) is 32.1 Å². The van der Waals surface area contributed by atoms with E-state index in [0.717, 1.165) is 6.04 Å². The molecule has 1 saturated carbocycles. The lowest BCUT2D eigenvalue weighted by Gasteiger charge is -2.26. The average molecular weight is 170 g/mol. The maximum absolute atomic E-state index is 3.57. The van der Waals surface area contributed by atoms with Crippen molar-refractivity contribution in [3.63, 3.8) is 0 Å². The fourth-order valence-corrected chi connectivity index (χ4v) is 1.47. The van der Waals surface area contributed by atoms with Crippen molar-refractivity contribution in [2.24, 2.45) is 0 Å². The molecular weight excluding hydrogens is 148 g/mol. The molecule has 2 nitrogen and oxygen atoms in total. The molecule has 0 aliphatic heterocycles. The van der Waals surface area contributed by atoms with Gasteiger partial charge in [0.25, 0.3) is 0 Å². The van der Waals surface area contributed by atoms with E-state index < -0.39 is 0 Å². The summed E-state index contributed by atoms with van der Waals surface area (Å²) in [5.41, 5.74) is 0. The molecule has 72 valence electrons. The lowest BCUT2D eigenvalue weighted by molar-refractivity contribution is 0.330. The van der Waals surface area contributed by atoms with Crippen LogP contribution in [0, 0.1) is 0 Å². The largest absolute Gasteiger partial charge is 0.314 e. The molecule has 0 bridgehead atoms. The number of rotatable bonds is 6. The summed E-state index contributed by atoms with van der Waals surface area (Å²) in [6.07, 6.45) is 6.91. The maximum atomic E-state index is 3.57. The van der Waals surface area contributed by atoms with Crippen LogP contribution in [-0.2, 0) is 0 Å². The van der Waals surface area contributed by atoms with Crippen LogP contribution in [-0.4, -0.2) is 38.1 Å². The van der Waals surface area contributed by atoms with Crippen LogP contribution in [0.3, 0.4) is 0 Å². The minimum absolute atomic E-state index is 0.865. The van der Waals surface area contributed by atoms with Crippen LogP contribution in [0.4, 0.5) is 0 Å². The maximum Gasteiger partial charge on any atom is 0.00670 e. The van der Waals surface area contributed by atoms with Gasteiger partial charge in [0.15, 0.2) is 0 Å². The van der Waals surface area contributed by atoms with Crippen molar-refractivity contribution in [2.45, 2.75) is 38.1 Å². The lowest BCUT2D eigenvalue weighted by atomic mass is 9.93. The quantitative estimate of drug-likeness (QED) is 0.607. The molecule has 0 aromatic heterocycles. The summed E-state index contributed by atoms with van der Waals surface area (Å²) in [6, 6.07) is 0.865. The van der Waals surface area contributed by atoms with E-state index in [4.69, 9.17) is 0 Å². The highest BCUT2D eigenvalue weighted by atomic mass is 15.0. The molecule has 1 rings (SSSR count). The lowest BCUT2D eigenvalue weighted by Crippen LogP contribution is -2.35. The Hall–Kier alpha value is -0.0800. The van der Waals surface area contributed by atoms with Gasteiger partial charge in [0.05, 0.1) is 0 Å². The molecule has 0 unspecified atom stereocenters. The molecule has 1 aliphatic carbocycles. The molecule has 0 heterocycles. The van der Waals surface area contributed by atoms with Gasteiger partial charge in [0.1, 0.15) is 0 Å². The number of nitrogens with zero attached hydrogens (tertiary/aromatic N) is 1. The van der Waals surface area contributed by atoms with E-state index in [1.54, 1.807) is 0 Å². The van der Waals surface area contributed by atoms with Gasteiger partial charge < -0.3 is 10.2 Å². The molecule has 0 aromatic rings. The second kappa shape index (κ2) is 5.55. The van der Waals surface area contributed by atoms with Crippen LogP contribution in [0.2, 0.25) is 0 Å². The molecule has 12 heavy (non-hydrogen) atoms. The fraction of sp³-hybridized carbons (Fsp3) is 1.00. The number of hydrogen-bond donors (Lipinski definition) is 1. The van der Waals surface area contributed by atoms with Gasteiger partial charge in [-0.05, 0) is 52.9 Å². The van der Waals surface area contributed by atoms with Gasteiger partial charge in [0, 0.05) is 6.04 Å². The van der Waals surface area contributed by atoms with Crippen LogP contribution in [0.25, 0.3) is 0 Å². The van der Waals surface area contributed by atoms with Gasteiger partial charge in [-0.3, -0.25) is 0 Å². The third-order valence-corrected chi connectivity index (χ3v) is 2.57. The fourth-order valence-electron chi connectivity index (χ4n) is 1.47. The number of nitrogens with one attached hydrogen (secondary N) is 1. The molecule has 0 amide bonds. The van der Waals surface area contributed by atoms with Crippen molar-refractivity contribution in [2.75, 3.05) is 27.2 Å². The summed E-state index contributed by atoms with van der Waals surface area (Å²) in [6.45, 7) is 2.45. The van der Waals surface area contributed by atoms with Crippen LogP contribution < -0.4 is 5.32 Å². The zero-order valence-electron chi connectivity index (χ0n) is 8.47. The Labute approximate surface area is 76.3 Å². The SMILES string of the molecule is CN(C)CCCCNC1CCC1. The molecule has 0 spiro atoms. The first kappa shape index (κ1) is 10.0. The zero-order chi connectivity index (χ0) is 8.81. The van der Waals surface area contributed by atoms with E-state index in [-0.39, 0.29) is 0 Å². The van der Waals surface area contributed by atoms with E-state index in [2.05, 4.69) is 24.3 Å². The highest BCUT2D eigenvalue weighted by Crippen LogP contribution is 2.17. The number of unbranched alkanes of at least 4 members (excludes halogenated alkanes) is 1. The average Bonchev–Trinajstić information content (AvgIpc) is 1.92. The Morgan fingerprint density at radius 2 is 2.00 bits per heavy atom. The summed E-state index contributed by atoms with van der Waals surface area (Å²) in [5.74, 6) is 0. The Balaban J connectivity index is 1.76. The molecule has 1 N–H and O–H groups in total. The smallest absolute Gasteiger partial charge is 0.00670 e. The Morgan fingerprint density at radius 1 is 1.25 bits per heavy atom. The highest BCUT2D eigenvalue weighted by Gasteiger charge is 2.15. The summed E-state index contributed by atoms with van der Waals surface area (Å²) >= 11 is 0. The van der Waals surface area contributed by atoms with Gasteiger partial charge in [-0.25, -0.2) is 0 Å². The summed E-state index contributed by atoms with van der Waals surface area (Å²) < 4.78 is 0. The van der Waals surface area contributed by atoms with Gasteiger partial charge in [0.2, 0.25) is 0 Å². The zero-order valence-corrected chi connectivity index (χ0v) is 8.47. The predicted octanol–water partition coefficient (Wildman–Crippen LogP) is 1.47. The van der Waals surface area contributed by atoms with Crippen molar-refractivity contribution in [1.82, 2.24) is 10.2 Å². The topological polar surface area (TPSA) is 15.3 Å². The second-order valence-electron chi connectivity index (χ2n) is 4.09. The van der Waals surface area contributed by atoms with Crippen molar-refractivity contribution in [3.8, 4) is 0 Å². The first-order valence-electron chi connectivity index (χ1n) is 5.17. The Kier molecular flexibility index (Phi) is 4.62.